The molecule has 77 heavy (non-hydrogen) atoms. The number of nitrogens with one attached hydrogen (secondary N) is 3. The van der Waals surface area contributed by atoms with Gasteiger partial charge in [0.1, 0.15) is 22.3 Å². The standard InChI is InChI=1S/C58H66ClN5O11S2/c1-56(2,3)74-46(66)31-73-49-48(59)50(76-51(49)55(70)75-57(4,5)6)36-13-10-15-38(29-36)60-39-26-27-63(58(7,8)30-39)77(71,72)32-33-12-9-14-37(28-33)61-52(67)35-20-18-34(19-21-35)40-22-23-43-47-41(40)16-11-17-42(47)54(69)64(43)44-24-25-45(65)62-53(44)68/h9-17,22-23,28-29,34-35,39,44,60H,18-21,24-27,30-32H2,1-8H3,(H,61,67)(H,62,65,68)/t34?,35?,39-,44?/m0/s1. The molecule has 0 radical (unpaired) electrons. The highest BCUT2D eigenvalue weighted by molar-refractivity contribution is 7.88. The fourth-order valence-electron chi connectivity index (χ4n) is 11.2. The summed E-state index contributed by atoms with van der Waals surface area (Å²) in [6, 6.07) is 23.3. The molecule has 2 saturated heterocycles. The van der Waals surface area contributed by atoms with Gasteiger partial charge in [-0.1, -0.05) is 54.1 Å². The van der Waals surface area contributed by atoms with E-state index in [0.717, 1.165) is 46.2 Å². The largest absolute Gasteiger partial charge is 0.479 e. The van der Waals surface area contributed by atoms with Crippen LogP contribution in [0.4, 0.5) is 17.1 Å². The smallest absolute Gasteiger partial charge is 0.352 e. The molecule has 1 saturated carbocycles. The summed E-state index contributed by atoms with van der Waals surface area (Å²) in [6.45, 7) is 14.2. The van der Waals surface area contributed by atoms with Gasteiger partial charge in [0.2, 0.25) is 27.7 Å². The molecule has 0 bridgehead atoms. The van der Waals surface area contributed by atoms with E-state index < -0.39 is 57.3 Å². The van der Waals surface area contributed by atoms with Crippen molar-refractivity contribution in [2.24, 2.45) is 5.92 Å². The average molecular weight is 1110 g/mol. The number of amides is 4. The van der Waals surface area contributed by atoms with Gasteiger partial charge in [0.15, 0.2) is 17.2 Å². The zero-order valence-electron chi connectivity index (χ0n) is 44.7. The molecule has 3 N–H and O–H groups in total. The third kappa shape index (κ3) is 12.2. The fourth-order valence-corrected chi connectivity index (χ4v) is 14.6. The van der Waals surface area contributed by atoms with Crippen LogP contribution in [0, 0.1) is 5.92 Å². The second-order valence-electron chi connectivity index (χ2n) is 23.1. The highest BCUT2D eigenvalue weighted by Crippen LogP contribution is 2.48. The molecule has 4 amide bonds. The van der Waals surface area contributed by atoms with Crippen molar-refractivity contribution >= 4 is 96.4 Å². The molecule has 3 aliphatic heterocycles. The number of hydrogen-bond donors (Lipinski definition) is 3. The number of hydrogen-bond acceptors (Lipinski definition) is 13. The maximum Gasteiger partial charge on any atom is 0.352 e. The van der Waals surface area contributed by atoms with Crippen LogP contribution in [0.1, 0.15) is 144 Å². The lowest BCUT2D eigenvalue weighted by atomic mass is 9.77. The normalized spacial score (nSPS) is 20.9. The van der Waals surface area contributed by atoms with Gasteiger partial charge in [-0.3, -0.25) is 29.4 Å². The molecular weight excluding hydrogens is 1040 g/mol. The lowest BCUT2D eigenvalue weighted by Crippen LogP contribution is -2.55. The summed E-state index contributed by atoms with van der Waals surface area (Å²) in [5, 5.41) is 11.0. The molecular formula is C58H66ClN5O11S2. The van der Waals surface area contributed by atoms with E-state index in [1.807, 2.05) is 62.4 Å². The molecule has 1 aliphatic carbocycles. The Morgan fingerprint density at radius 1 is 0.844 bits per heavy atom. The Morgan fingerprint density at radius 2 is 1.55 bits per heavy atom. The van der Waals surface area contributed by atoms with Gasteiger partial charge >= 0.3 is 11.9 Å². The summed E-state index contributed by atoms with van der Waals surface area (Å²) in [5.41, 5.74) is 2.56. The minimum Gasteiger partial charge on any atom is -0.479 e. The van der Waals surface area contributed by atoms with Crippen molar-refractivity contribution in [1.29, 1.82) is 0 Å². The number of rotatable bonds is 14. The molecule has 4 aliphatic rings. The number of halogens is 1. The molecule has 4 heterocycles. The monoisotopic (exact) mass is 1110 g/mol. The first-order valence-electron chi connectivity index (χ1n) is 26.2. The number of esters is 2. The minimum atomic E-state index is -3.81. The van der Waals surface area contributed by atoms with Gasteiger partial charge in [-0.15, -0.1) is 11.3 Å². The first-order chi connectivity index (χ1) is 36.2. The molecule has 408 valence electrons. The van der Waals surface area contributed by atoms with Gasteiger partial charge in [-0.05, 0) is 165 Å². The first kappa shape index (κ1) is 55.4. The van der Waals surface area contributed by atoms with Gasteiger partial charge in [0.05, 0.1) is 16.3 Å². The number of nitrogens with zero attached hydrogens (tertiary/aromatic N) is 2. The second kappa shape index (κ2) is 21.5. The lowest BCUT2D eigenvalue weighted by molar-refractivity contribution is -0.157. The SMILES string of the molecule is CC(C)(C)OC(=O)COc1c(C(=O)OC(C)(C)C)sc(-c2cccc(N[C@H]3CCN(S(=O)(=O)Cc4cccc(NC(=O)C5CCC(c6ccc7c8c(cccc68)C(=O)N7C6CCC(=O)NC6=O)CC5)c4)C(C)(C)C3)c2)c1Cl. The van der Waals surface area contributed by atoms with Crippen molar-refractivity contribution in [1.82, 2.24) is 9.62 Å². The van der Waals surface area contributed by atoms with E-state index in [9.17, 15) is 37.2 Å². The second-order valence-corrected chi connectivity index (χ2v) is 26.4. The summed E-state index contributed by atoms with van der Waals surface area (Å²) in [7, 11) is -3.81. The highest BCUT2D eigenvalue weighted by Gasteiger charge is 2.43. The van der Waals surface area contributed by atoms with Crippen LogP contribution in [0.15, 0.2) is 78.9 Å². The molecule has 0 spiro atoms. The Balaban J connectivity index is 0.806. The first-order valence-corrected chi connectivity index (χ1v) is 29.0. The number of ether oxygens (including phenoxy) is 3. The summed E-state index contributed by atoms with van der Waals surface area (Å²) in [6.07, 6.45) is 4.27. The third-order valence-electron chi connectivity index (χ3n) is 14.4. The third-order valence-corrected chi connectivity index (χ3v) is 18.2. The lowest BCUT2D eigenvalue weighted by Gasteiger charge is -2.45. The summed E-state index contributed by atoms with van der Waals surface area (Å²) < 4.78 is 47.0. The van der Waals surface area contributed by atoms with Gasteiger partial charge in [-0.25, -0.2) is 18.0 Å². The Labute approximate surface area is 458 Å². The molecule has 19 heteroatoms. The number of sulfonamides is 1. The average Bonchev–Trinajstić information content (AvgIpc) is 4.07. The Bertz CT molecular complexity index is 3300. The maximum atomic E-state index is 14.2. The number of benzene rings is 4. The van der Waals surface area contributed by atoms with E-state index in [1.165, 1.54) is 4.90 Å². The topological polar surface area (TPSA) is 207 Å². The van der Waals surface area contributed by atoms with Gasteiger partial charge in [0, 0.05) is 52.8 Å². The number of thiophene rings is 1. The summed E-state index contributed by atoms with van der Waals surface area (Å²) in [5.74, 6) is -2.73. The van der Waals surface area contributed by atoms with Crippen molar-refractivity contribution in [3.05, 3.63) is 105 Å². The molecule has 1 unspecified atom stereocenters. The number of anilines is 3. The van der Waals surface area contributed by atoms with E-state index >= 15 is 0 Å². The minimum absolute atomic E-state index is 0.0315. The van der Waals surface area contributed by atoms with Crippen LogP contribution in [0.3, 0.4) is 0 Å². The molecule has 5 aromatic rings. The van der Waals surface area contributed by atoms with Gasteiger partial charge < -0.3 is 24.8 Å². The number of piperidine rings is 2. The van der Waals surface area contributed by atoms with Crippen LogP contribution in [-0.4, -0.2) is 90.3 Å². The van der Waals surface area contributed by atoms with Gasteiger partial charge in [0.25, 0.3) is 5.91 Å². The molecule has 3 fully saturated rings. The number of imide groups is 1. The van der Waals surface area contributed by atoms with Crippen molar-refractivity contribution in [3.63, 3.8) is 0 Å². The Kier molecular flexibility index (Phi) is 15.5. The van der Waals surface area contributed by atoms with Crippen LogP contribution in [0.25, 0.3) is 21.2 Å². The quantitative estimate of drug-likeness (QED) is 0.0701. The predicted molar refractivity (Wildman–Crippen MR) is 298 cm³/mol. The Hall–Kier alpha value is -6.34. The van der Waals surface area contributed by atoms with Crippen molar-refractivity contribution in [3.8, 4) is 16.2 Å². The zero-order valence-corrected chi connectivity index (χ0v) is 47.1. The summed E-state index contributed by atoms with van der Waals surface area (Å²) in [4.78, 5) is 80.4. The predicted octanol–water partition coefficient (Wildman–Crippen LogP) is 10.8. The van der Waals surface area contributed by atoms with Crippen LogP contribution < -0.4 is 25.6 Å². The van der Waals surface area contributed by atoms with E-state index in [-0.39, 0.29) is 76.4 Å². The van der Waals surface area contributed by atoms with Gasteiger partial charge in [-0.2, -0.15) is 4.31 Å². The van der Waals surface area contributed by atoms with Crippen LogP contribution in [0.5, 0.6) is 5.75 Å². The molecule has 2 atom stereocenters. The fraction of sp³-hybridized carbons (Fsp3) is 0.448. The van der Waals surface area contributed by atoms with E-state index in [2.05, 4.69) is 16.0 Å². The number of carbonyl (C=O) groups excluding carboxylic acids is 6. The van der Waals surface area contributed by atoms with Crippen molar-refractivity contribution in [2.45, 2.75) is 147 Å². The molecule has 9 rings (SSSR count). The van der Waals surface area contributed by atoms with E-state index in [4.69, 9.17) is 25.8 Å². The molecule has 1 aromatic heterocycles. The van der Waals surface area contributed by atoms with E-state index in [1.54, 1.807) is 76.2 Å². The van der Waals surface area contributed by atoms with Crippen LogP contribution >= 0.6 is 22.9 Å². The maximum absolute atomic E-state index is 14.2. The van der Waals surface area contributed by atoms with Crippen molar-refractivity contribution < 1.29 is 51.4 Å². The molecule has 16 nitrogen and oxygen atoms in total. The Morgan fingerprint density at radius 3 is 2.25 bits per heavy atom. The molecule has 4 aromatic carbocycles. The summed E-state index contributed by atoms with van der Waals surface area (Å²) >= 11 is 8.03. The van der Waals surface area contributed by atoms with Crippen LogP contribution in [-0.2, 0) is 44.4 Å². The highest BCUT2D eigenvalue weighted by atomic mass is 35.5. The number of carbonyl (C=O) groups is 6. The van der Waals surface area contributed by atoms with E-state index in [0.29, 0.717) is 58.6 Å². The van der Waals surface area contributed by atoms with Crippen molar-refractivity contribution in [2.75, 3.05) is 28.7 Å². The van der Waals surface area contributed by atoms with Crippen LogP contribution in [0.2, 0.25) is 5.02 Å². The zero-order chi connectivity index (χ0) is 55.4.